The van der Waals surface area contributed by atoms with Crippen LogP contribution in [-0.2, 0) is 4.79 Å². The van der Waals surface area contributed by atoms with Gasteiger partial charge in [-0.05, 0) is 73.5 Å². The second-order valence-electron chi connectivity index (χ2n) is 8.82. The highest BCUT2D eigenvalue weighted by Crippen LogP contribution is 2.31. The van der Waals surface area contributed by atoms with Gasteiger partial charge in [-0.3, -0.25) is 9.59 Å². The molecule has 0 unspecified atom stereocenters. The summed E-state index contributed by atoms with van der Waals surface area (Å²) in [6, 6.07) is 14.5. The van der Waals surface area contributed by atoms with E-state index in [0.717, 1.165) is 0 Å². The number of esters is 1. The van der Waals surface area contributed by atoms with Gasteiger partial charge in [-0.25, -0.2) is 10.2 Å². The highest BCUT2D eigenvalue weighted by atomic mass is 16.6. The lowest BCUT2D eigenvalue weighted by Gasteiger charge is -2.12. The number of ether oxygens (including phenoxy) is 6. The molecule has 0 aliphatic carbocycles. The smallest absolute Gasteiger partial charge is 0.343 e. The fraction of sp³-hybridized carbons (Fsp3) is 0.290. The molecule has 0 aliphatic heterocycles. The molecule has 3 aromatic carbocycles. The maximum atomic E-state index is 12.8. The van der Waals surface area contributed by atoms with Gasteiger partial charge in [0.2, 0.25) is 5.91 Å². The van der Waals surface area contributed by atoms with Crippen molar-refractivity contribution in [2.45, 2.75) is 19.8 Å². The van der Waals surface area contributed by atoms with E-state index in [1.807, 2.05) is 0 Å². The molecule has 0 heterocycles. The third-order valence-corrected chi connectivity index (χ3v) is 6.00. The molecule has 0 aliphatic rings. The summed E-state index contributed by atoms with van der Waals surface area (Å²) in [5.74, 6) is 1.20. The zero-order valence-electron chi connectivity index (χ0n) is 24.7. The van der Waals surface area contributed by atoms with Gasteiger partial charge >= 0.3 is 5.97 Å². The number of rotatable bonds is 15. The Balaban J connectivity index is 1.50. The molecule has 43 heavy (non-hydrogen) atoms. The van der Waals surface area contributed by atoms with Gasteiger partial charge in [-0.2, -0.15) is 5.10 Å². The monoisotopic (exact) mass is 593 g/mol. The first-order chi connectivity index (χ1) is 20.8. The minimum atomic E-state index is -0.601. The Morgan fingerprint density at radius 1 is 0.744 bits per heavy atom. The molecule has 2 amide bonds. The molecule has 0 saturated carbocycles. The second kappa shape index (κ2) is 16.2. The molecule has 3 rings (SSSR count). The molecule has 0 aromatic heterocycles. The fourth-order valence-electron chi connectivity index (χ4n) is 3.84. The van der Waals surface area contributed by atoms with E-state index in [2.05, 4.69) is 15.8 Å². The van der Waals surface area contributed by atoms with E-state index in [4.69, 9.17) is 28.4 Å². The van der Waals surface area contributed by atoms with Crippen LogP contribution in [0.3, 0.4) is 0 Å². The van der Waals surface area contributed by atoms with Gasteiger partial charge in [0.05, 0.1) is 46.8 Å². The molecule has 12 heteroatoms. The third-order valence-electron chi connectivity index (χ3n) is 6.00. The molecule has 228 valence electrons. The van der Waals surface area contributed by atoms with Crippen molar-refractivity contribution >= 4 is 24.0 Å². The molecule has 12 nitrogen and oxygen atoms in total. The number of benzene rings is 3. The highest BCUT2D eigenvalue weighted by Gasteiger charge is 2.16. The lowest BCUT2D eigenvalue weighted by atomic mass is 10.2. The van der Waals surface area contributed by atoms with Crippen molar-refractivity contribution in [3.8, 4) is 34.5 Å². The summed E-state index contributed by atoms with van der Waals surface area (Å²) >= 11 is 0. The SMILES string of the molecule is CCOc1cc(/C=N/NC(=O)CCCNC(=O)c2ccc(OC)c(OC)c2)ccc1OC(=O)c1ccc(OC)c(OC)c1. The van der Waals surface area contributed by atoms with Crippen molar-refractivity contribution < 1.29 is 42.8 Å². The summed E-state index contributed by atoms with van der Waals surface area (Å²) < 4.78 is 32.1. The first kappa shape index (κ1) is 32.3. The van der Waals surface area contributed by atoms with Crippen LogP contribution in [0.1, 0.15) is 46.0 Å². The van der Waals surface area contributed by atoms with Gasteiger partial charge in [-0.15, -0.1) is 0 Å². The van der Waals surface area contributed by atoms with Gasteiger partial charge in [0.15, 0.2) is 34.5 Å². The highest BCUT2D eigenvalue weighted by molar-refractivity contribution is 5.95. The molecular weight excluding hydrogens is 558 g/mol. The third kappa shape index (κ3) is 9.12. The molecule has 0 saturated heterocycles. The van der Waals surface area contributed by atoms with Crippen molar-refractivity contribution in [1.82, 2.24) is 10.7 Å². The number of hydrogen-bond donors (Lipinski definition) is 2. The number of hydrogen-bond acceptors (Lipinski definition) is 10. The minimum absolute atomic E-state index is 0.152. The van der Waals surface area contributed by atoms with Crippen LogP contribution in [0.5, 0.6) is 34.5 Å². The zero-order valence-corrected chi connectivity index (χ0v) is 24.7. The van der Waals surface area contributed by atoms with Gasteiger partial charge in [0.1, 0.15) is 0 Å². The summed E-state index contributed by atoms with van der Waals surface area (Å²) in [4.78, 5) is 37.3. The van der Waals surface area contributed by atoms with Crippen LogP contribution < -0.4 is 39.2 Å². The van der Waals surface area contributed by atoms with Crippen molar-refractivity contribution in [2.24, 2.45) is 5.10 Å². The van der Waals surface area contributed by atoms with E-state index in [9.17, 15) is 14.4 Å². The molecule has 2 N–H and O–H groups in total. The summed E-state index contributed by atoms with van der Waals surface area (Å²) in [6.45, 7) is 2.43. The Bertz CT molecular complexity index is 1460. The van der Waals surface area contributed by atoms with Gasteiger partial charge in [0.25, 0.3) is 5.91 Å². The van der Waals surface area contributed by atoms with E-state index in [0.29, 0.717) is 59.4 Å². The summed E-state index contributed by atoms with van der Waals surface area (Å²) in [5, 5.41) is 6.75. The van der Waals surface area contributed by atoms with Gasteiger partial charge < -0.3 is 33.7 Å². The first-order valence-corrected chi connectivity index (χ1v) is 13.4. The van der Waals surface area contributed by atoms with Gasteiger partial charge in [-0.1, -0.05) is 0 Å². The molecule has 0 spiro atoms. The Hall–Kier alpha value is -5.26. The normalized spacial score (nSPS) is 10.5. The molecule has 0 radical (unpaired) electrons. The van der Waals surface area contributed by atoms with Crippen LogP contribution in [0.15, 0.2) is 59.7 Å². The largest absolute Gasteiger partial charge is 0.493 e. The van der Waals surface area contributed by atoms with E-state index >= 15 is 0 Å². The Morgan fingerprint density at radius 2 is 1.35 bits per heavy atom. The van der Waals surface area contributed by atoms with Crippen LogP contribution in [0, 0.1) is 0 Å². The van der Waals surface area contributed by atoms with Crippen molar-refractivity contribution in [1.29, 1.82) is 0 Å². The topological polar surface area (TPSA) is 143 Å². The number of hydrazone groups is 1. The molecule has 0 fully saturated rings. The maximum Gasteiger partial charge on any atom is 0.343 e. The van der Waals surface area contributed by atoms with Crippen LogP contribution >= 0.6 is 0 Å². The predicted octanol–water partition coefficient (Wildman–Crippen LogP) is 4.00. The number of methoxy groups -OCH3 is 4. The van der Waals surface area contributed by atoms with Crippen molar-refractivity contribution in [2.75, 3.05) is 41.6 Å². The zero-order chi connectivity index (χ0) is 31.2. The second-order valence-corrected chi connectivity index (χ2v) is 8.82. The van der Waals surface area contributed by atoms with Crippen LogP contribution in [0.25, 0.3) is 0 Å². The average molecular weight is 594 g/mol. The minimum Gasteiger partial charge on any atom is -0.493 e. The Morgan fingerprint density at radius 3 is 1.98 bits per heavy atom. The number of carbonyl (C=O) groups excluding carboxylic acids is 3. The van der Waals surface area contributed by atoms with Crippen LogP contribution in [0.2, 0.25) is 0 Å². The number of carbonyl (C=O) groups is 3. The fourth-order valence-corrected chi connectivity index (χ4v) is 3.84. The summed E-state index contributed by atoms with van der Waals surface area (Å²) in [6.07, 6.45) is 2.01. The standard InChI is InChI=1S/C31H35N3O9/c1-6-42-28-16-20(9-12-25(28)43-31(37)22-11-14-24(39-3)27(18-22)41-5)19-33-34-29(35)8-7-15-32-30(36)21-10-13-23(38-2)26(17-21)40-4/h9-14,16-19H,6-8,15H2,1-5H3,(H,32,36)(H,34,35)/b33-19+. The molecular formula is C31H35N3O9. The predicted molar refractivity (Wildman–Crippen MR) is 159 cm³/mol. The number of nitrogens with one attached hydrogen (secondary N) is 2. The average Bonchev–Trinajstić information content (AvgIpc) is 3.03. The van der Waals surface area contributed by atoms with Crippen molar-refractivity contribution in [3.63, 3.8) is 0 Å². The Labute approximate surface area is 249 Å². The van der Waals surface area contributed by atoms with Crippen LogP contribution in [-0.4, -0.2) is 65.6 Å². The van der Waals surface area contributed by atoms with E-state index < -0.39 is 5.97 Å². The van der Waals surface area contributed by atoms with E-state index in [1.165, 1.54) is 40.7 Å². The number of amides is 2. The maximum absolute atomic E-state index is 12.8. The molecule has 0 atom stereocenters. The Kier molecular flexibility index (Phi) is 12.2. The number of nitrogens with zero attached hydrogens (tertiary/aromatic N) is 1. The lowest BCUT2D eigenvalue weighted by molar-refractivity contribution is -0.121. The first-order valence-electron chi connectivity index (χ1n) is 13.4. The summed E-state index contributed by atoms with van der Waals surface area (Å²) in [5.41, 5.74) is 3.75. The van der Waals surface area contributed by atoms with Gasteiger partial charge in [0, 0.05) is 18.5 Å². The molecule has 0 bridgehead atoms. The quantitative estimate of drug-likeness (QED) is 0.0879. The van der Waals surface area contributed by atoms with E-state index in [1.54, 1.807) is 55.5 Å². The van der Waals surface area contributed by atoms with Crippen molar-refractivity contribution in [3.05, 3.63) is 71.3 Å². The van der Waals surface area contributed by atoms with Crippen LogP contribution in [0.4, 0.5) is 0 Å². The van der Waals surface area contributed by atoms with E-state index in [-0.39, 0.29) is 29.5 Å². The summed E-state index contributed by atoms with van der Waals surface area (Å²) in [7, 11) is 5.99. The lowest BCUT2D eigenvalue weighted by Crippen LogP contribution is -2.26. The molecule has 3 aromatic rings.